The number of methoxy groups -OCH3 is 1. The summed E-state index contributed by atoms with van der Waals surface area (Å²) in [5.41, 5.74) is 2.17. The first-order chi connectivity index (χ1) is 9.29. The molecule has 0 atom stereocenters. The van der Waals surface area contributed by atoms with Gasteiger partial charge in [-0.05, 0) is 13.0 Å². The quantitative estimate of drug-likeness (QED) is 0.671. The zero-order valence-electron chi connectivity index (χ0n) is 10.5. The summed E-state index contributed by atoms with van der Waals surface area (Å²) in [6, 6.07) is 1.77. The van der Waals surface area contributed by atoms with Gasteiger partial charge in [-0.1, -0.05) is 0 Å². The van der Waals surface area contributed by atoms with E-state index in [9.17, 15) is 0 Å². The van der Waals surface area contributed by atoms with E-state index in [4.69, 9.17) is 4.74 Å². The Morgan fingerprint density at radius 1 is 1.32 bits per heavy atom. The van der Waals surface area contributed by atoms with Gasteiger partial charge in [0.25, 0.3) is 5.78 Å². The van der Waals surface area contributed by atoms with Crippen LogP contribution in [0.25, 0.3) is 17.2 Å². The third kappa shape index (κ3) is 2.02. The number of hydrogen-bond donors (Lipinski definition) is 0. The van der Waals surface area contributed by atoms with Crippen molar-refractivity contribution >= 4 is 5.78 Å². The molecule has 0 fully saturated rings. The van der Waals surface area contributed by atoms with E-state index in [1.807, 2.05) is 6.92 Å². The van der Waals surface area contributed by atoms with Crippen molar-refractivity contribution in [3.8, 4) is 11.4 Å². The van der Waals surface area contributed by atoms with Crippen LogP contribution in [0.4, 0.5) is 0 Å². The predicted octanol–water partition coefficient (Wildman–Crippen LogP) is 0.431. The third-order valence-corrected chi connectivity index (χ3v) is 2.63. The molecule has 0 aliphatic heterocycles. The fourth-order valence-electron chi connectivity index (χ4n) is 1.76. The largest absolute Gasteiger partial charge is 0.377 e. The highest BCUT2D eigenvalue weighted by atomic mass is 16.5. The van der Waals surface area contributed by atoms with Crippen molar-refractivity contribution < 1.29 is 4.74 Å². The highest BCUT2D eigenvalue weighted by molar-refractivity contribution is 5.56. The van der Waals surface area contributed by atoms with Gasteiger partial charge in [-0.3, -0.25) is 0 Å². The number of aromatic nitrogens is 7. The summed E-state index contributed by atoms with van der Waals surface area (Å²) in [5, 5.41) is 12.5. The van der Waals surface area contributed by atoms with Crippen LogP contribution in [0, 0.1) is 6.92 Å². The molecule has 3 rings (SSSR count). The molecule has 0 unspecified atom stereocenters. The van der Waals surface area contributed by atoms with Crippen molar-refractivity contribution in [2.45, 2.75) is 13.5 Å². The first-order valence-electron chi connectivity index (χ1n) is 5.64. The Kier molecular flexibility index (Phi) is 2.84. The smallest absolute Gasteiger partial charge is 0.272 e. The Hall–Kier alpha value is -2.48. The highest BCUT2D eigenvalue weighted by Gasteiger charge is 2.13. The van der Waals surface area contributed by atoms with E-state index in [2.05, 4.69) is 30.2 Å². The molecular formula is C11H11N7O. The Labute approximate surface area is 108 Å². The summed E-state index contributed by atoms with van der Waals surface area (Å²) in [4.78, 5) is 12.3. The lowest BCUT2D eigenvalue weighted by molar-refractivity contribution is 0.178. The van der Waals surface area contributed by atoms with Gasteiger partial charge in [-0.25, -0.2) is 9.97 Å². The molecule has 8 heteroatoms. The number of hydrogen-bond acceptors (Lipinski definition) is 7. The fraction of sp³-hybridized carbons (Fsp3) is 0.273. The minimum atomic E-state index is 0.339. The number of nitrogens with zero attached hydrogens (tertiary/aromatic N) is 7. The molecule has 19 heavy (non-hydrogen) atoms. The van der Waals surface area contributed by atoms with E-state index in [0.29, 0.717) is 29.6 Å². The molecule has 0 N–H and O–H groups in total. The Morgan fingerprint density at radius 3 is 2.95 bits per heavy atom. The zero-order chi connectivity index (χ0) is 13.2. The van der Waals surface area contributed by atoms with Crippen molar-refractivity contribution in [2.24, 2.45) is 0 Å². The van der Waals surface area contributed by atoms with Gasteiger partial charge in [0.05, 0.1) is 11.4 Å². The molecular weight excluding hydrogens is 246 g/mol. The average molecular weight is 257 g/mol. The molecule has 0 amide bonds. The van der Waals surface area contributed by atoms with Gasteiger partial charge < -0.3 is 4.74 Å². The van der Waals surface area contributed by atoms with Crippen molar-refractivity contribution in [3.05, 3.63) is 30.1 Å². The molecule has 0 saturated heterocycles. The van der Waals surface area contributed by atoms with Crippen molar-refractivity contribution in [1.82, 2.24) is 34.8 Å². The third-order valence-electron chi connectivity index (χ3n) is 2.63. The van der Waals surface area contributed by atoms with Gasteiger partial charge in [0.1, 0.15) is 18.6 Å². The first-order valence-corrected chi connectivity index (χ1v) is 5.64. The van der Waals surface area contributed by atoms with E-state index >= 15 is 0 Å². The Bertz CT molecular complexity index is 710. The van der Waals surface area contributed by atoms with E-state index in [0.717, 1.165) is 5.69 Å². The summed E-state index contributed by atoms with van der Waals surface area (Å²) in [7, 11) is 1.59. The van der Waals surface area contributed by atoms with Crippen LogP contribution in [0.2, 0.25) is 0 Å². The van der Waals surface area contributed by atoms with Crippen molar-refractivity contribution in [3.63, 3.8) is 0 Å². The Morgan fingerprint density at radius 2 is 2.21 bits per heavy atom. The van der Waals surface area contributed by atoms with Crippen LogP contribution < -0.4 is 0 Å². The summed E-state index contributed by atoms with van der Waals surface area (Å²) in [6.07, 6.45) is 3.13. The number of aryl methyl sites for hydroxylation is 1. The average Bonchev–Trinajstić information content (AvgIpc) is 2.84. The first kappa shape index (κ1) is 11.6. The maximum Gasteiger partial charge on any atom is 0.272 e. The summed E-state index contributed by atoms with van der Waals surface area (Å²) >= 11 is 0. The second kappa shape index (κ2) is 4.65. The van der Waals surface area contributed by atoms with Crippen LogP contribution in [-0.2, 0) is 11.3 Å². The molecule has 0 spiro atoms. The summed E-state index contributed by atoms with van der Waals surface area (Å²) < 4.78 is 6.64. The molecule has 0 saturated carbocycles. The van der Waals surface area contributed by atoms with E-state index < -0.39 is 0 Å². The molecule has 0 radical (unpaired) electrons. The lowest BCUT2D eigenvalue weighted by atomic mass is 10.2. The van der Waals surface area contributed by atoms with Crippen LogP contribution in [-0.4, -0.2) is 41.9 Å². The van der Waals surface area contributed by atoms with Crippen molar-refractivity contribution in [1.29, 1.82) is 0 Å². The fourth-order valence-corrected chi connectivity index (χ4v) is 1.76. The van der Waals surface area contributed by atoms with E-state index in [1.54, 1.807) is 23.9 Å². The van der Waals surface area contributed by atoms with Gasteiger partial charge in [-0.2, -0.15) is 9.50 Å². The van der Waals surface area contributed by atoms with Crippen LogP contribution in [0.5, 0.6) is 0 Å². The molecule has 8 nitrogen and oxygen atoms in total. The second-order valence-corrected chi connectivity index (χ2v) is 3.90. The molecule has 0 bridgehead atoms. The van der Waals surface area contributed by atoms with Crippen LogP contribution in [0.3, 0.4) is 0 Å². The molecule has 3 heterocycles. The number of fused-ring (bicyclic) bond motifs is 1. The lowest BCUT2D eigenvalue weighted by Crippen LogP contribution is -2.03. The SMILES string of the molecule is COCc1nc2nnc(-c3ccncn3)c(C)n2n1. The zero-order valence-corrected chi connectivity index (χ0v) is 10.5. The maximum atomic E-state index is 5.01. The molecule has 96 valence electrons. The molecule has 0 aromatic carbocycles. The predicted molar refractivity (Wildman–Crippen MR) is 65.1 cm³/mol. The maximum absolute atomic E-state index is 5.01. The minimum absolute atomic E-state index is 0.339. The van der Waals surface area contributed by atoms with Crippen LogP contribution in [0.15, 0.2) is 18.6 Å². The standard InChI is InChI=1S/C11H11N7O/c1-7-10(8-3-4-12-6-13-8)15-16-11-14-9(5-19-2)17-18(7)11/h3-4,6H,5H2,1-2H3. The monoisotopic (exact) mass is 257 g/mol. The lowest BCUT2D eigenvalue weighted by Gasteiger charge is -2.03. The summed E-state index contributed by atoms with van der Waals surface area (Å²) in [5.74, 6) is 1.02. The summed E-state index contributed by atoms with van der Waals surface area (Å²) in [6.45, 7) is 2.23. The second-order valence-electron chi connectivity index (χ2n) is 3.90. The molecule has 3 aromatic rings. The molecule has 0 aliphatic carbocycles. The van der Waals surface area contributed by atoms with Crippen LogP contribution >= 0.6 is 0 Å². The van der Waals surface area contributed by atoms with Gasteiger partial charge in [0, 0.05) is 13.3 Å². The Balaban J connectivity index is 2.15. The number of rotatable bonds is 3. The topological polar surface area (TPSA) is 91.0 Å². The highest BCUT2D eigenvalue weighted by Crippen LogP contribution is 2.17. The normalized spacial score (nSPS) is 11.1. The van der Waals surface area contributed by atoms with E-state index in [1.165, 1.54) is 6.33 Å². The van der Waals surface area contributed by atoms with Crippen LogP contribution in [0.1, 0.15) is 11.5 Å². The molecule has 0 aliphatic rings. The van der Waals surface area contributed by atoms with Gasteiger partial charge in [0.2, 0.25) is 0 Å². The minimum Gasteiger partial charge on any atom is -0.377 e. The van der Waals surface area contributed by atoms with E-state index in [-0.39, 0.29) is 0 Å². The van der Waals surface area contributed by atoms with Gasteiger partial charge >= 0.3 is 0 Å². The number of ether oxygens (including phenoxy) is 1. The van der Waals surface area contributed by atoms with Gasteiger partial charge in [-0.15, -0.1) is 15.3 Å². The van der Waals surface area contributed by atoms with Crippen molar-refractivity contribution in [2.75, 3.05) is 7.11 Å². The van der Waals surface area contributed by atoms with Gasteiger partial charge in [0.15, 0.2) is 5.82 Å². The molecule has 3 aromatic heterocycles.